The minimum absolute atomic E-state index is 0.0686. The molecule has 2 amide bonds. The maximum atomic E-state index is 13.4. The molecule has 1 aliphatic rings. The number of nitrogens with zero attached hydrogens (tertiary/aromatic N) is 2. The first-order valence-electron chi connectivity index (χ1n) is 9.49. The number of benzene rings is 1. The molecule has 7 heteroatoms. The third-order valence-corrected chi connectivity index (χ3v) is 5.88. The molecule has 1 aromatic heterocycles. The van der Waals surface area contributed by atoms with Crippen LogP contribution >= 0.6 is 11.3 Å². The second-order valence-electron chi connectivity index (χ2n) is 6.86. The Balaban J connectivity index is 1.76. The highest BCUT2D eigenvalue weighted by Crippen LogP contribution is 2.34. The van der Waals surface area contributed by atoms with Gasteiger partial charge in [0.25, 0.3) is 0 Å². The molecule has 0 radical (unpaired) electrons. The van der Waals surface area contributed by atoms with E-state index in [-0.39, 0.29) is 36.8 Å². The first kappa shape index (κ1) is 20.3. The predicted octanol–water partition coefficient (Wildman–Crippen LogP) is 3.65. The Morgan fingerprint density at radius 2 is 2.18 bits per heavy atom. The molecule has 0 bridgehead atoms. The van der Waals surface area contributed by atoms with E-state index in [1.165, 1.54) is 23.9 Å². The molecule has 0 unspecified atom stereocenters. The summed E-state index contributed by atoms with van der Waals surface area (Å²) >= 11 is 1.68. The number of carbonyl (C=O) groups excluding carboxylic acids is 2. The van der Waals surface area contributed by atoms with E-state index in [0.29, 0.717) is 18.8 Å². The fourth-order valence-corrected chi connectivity index (χ4v) is 4.41. The quantitative estimate of drug-likeness (QED) is 0.708. The second kappa shape index (κ2) is 9.19. The van der Waals surface area contributed by atoms with E-state index in [1.807, 2.05) is 18.4 Å². The molecule has 0 spiro atoms. The van der Waals surface area contributed by atoms with Crippen molar-refractivity contribution in [1.29, 1.82) is 0 Å². The third-order valence-electron chi connectivity index (χ3n) is 4.88. The van der Waals surface area contributed by atoms with Crippen LogP contribution in [0.5, 0.6) is 5.75 Å². The van der Waals surface area contributed by atoms with Crippen LogP contribution in [0.15, 0.2) is 35.7 Å². The van der Waals surface area contributed by atoms with Gasteiger partial charge in [0.15, 0.2) is 0 Å². The fraction of sp³-hybridized carbons (Fsp3) is 0.429. The van der Waals surface area contributed by atoms with Crippen molar-refractivity contribution in [2.24, 2.45) is 0 Å². The molecule has 3 rings (SSSR count). The lowest BCUT2D eigenvalue weighted by atomic mass is 10.0. The van der Waals surface area contributed by atoms with Crippen molar-refractivity contribution in [2.45, 2.75) is 32.7 Å². The largest absolute Gasteiger partial charge is 0.491 e. The molecule has 0 N–H and O–H groups in total. The lowest BCUT2D eigenvalue weighted by molar-refractivity contribution is -0.141. The lowest BCUT2D eigenvalue weighted by Gasteiger charge is -2.37. The Bertz CT molecular complexity index is 839. The van der Waals surface area contributed by atoms with Crippen molar-refractivity contribution in [3.05, 3.63) is 52.0 Å². The number of ether oxygens (including phenoxy) is 1. The summed E-state index contributed by atoms with van der Waals surface area (Å²) in [7, 11) is 0. The van der Waals surface area contributed by atoms with Gasteiger partial charge in [0, 0.05) is 31.0 Å². The van der Waals surface area contributed by atoms with E-state index < -0.39 is 0 Å². The zero-order valence-electron chi connectivity index (χ0n) is 16.2. The van der Waals surface area contributed by atoms with E-state index in [1.54, 1.807) is 33.3 Å². The topological polar surface area (TPSA) is 49.9 Å². The molecule has 2 heterocycles. The van der Waals surface area contributed by atoms with Crippen LogP contribution in [0.1, 0.15) is 36.8 Å². The van der Waals surface area contributed by atoms with E-state index in [2.05, 4.69) is 0 Å². The van der Waals surface area contributed by atoms with Crippen LogP contribution in [0.4, 0.5) is 4.39 Å². The number of hydrogen-bond donors (Lipinski definition) is 0. The normalized spacial score (nSPS) is 15.8. The number of hydrogen-bond acceptors (Lipinski definition) is 4. The Morgan fingerprint density at radius 1 is 1.36 bits per heavy atom. The summed E-state index contributed by atoms with van der Waals surface area (Å²) in [5, 5.41) is 2.02. The SMILES string of the molecule is CCCN(CC(=O)N1CCc2sccc2[C@H]1COc1cccc(F)c1)C(C)=O. The fourth-order valence-electron chi connectivity index (χ4n) is 3.48. The molecule has 0 saturated carbocycles. The van der Waals surface area contributed by atoms with Gasteiger partial charge in [0.2, 0.25) is 11.8 Å². The van der Waals surface area contributed by atoms with E-state index in [4.69, 9.17) is 4.74 Å². The highest BCUT2D eigenvalue weighted by Gasteiger charge is 2.33. The van der Waals surface area contributed by atoms with Crippen LogP contribution < -0.4 is 4.74 Å². The predicted molar refractivity (Wildman–Crippen MR) is 107 cm³/mol. The average Bonchev–Trinajstić information content (AvgIpc) is 3.14. The molecule has 1 aliphatic heterocycles. The molecular weight excluding hydrogens is 379 g/mol. The summed E-state index contributed by atoms with van der Waals surface area (Å²) in [5.74, 6) is -0.114. The molecule has 0 saturated heterocycles. The number of thiophene rings is 1. The van der Waals surface area contributed by atoms with Gasteiger partial charge in [-0.05, 0) is 42.0 Å². The highest BCUT2D eigenvalue weighted by atomic mass is 32.1. The van der Waals surface area contributed by atoms with Crippen LogP contribution in [-0.4, -0.2) is 47.9 Å². The van der Waals surface area contributed by atoms with Crippen LogP contribution in [0.25, 0.3) is 0 Å². The summed E-state index contributed by atoms with van der Waals surface area (Å²) in [6.07, 6.45) is 1.59. The maximum absolute atomic E-state index is 13.4. The minimum atomic E-state index is -0.359. The summed E-state index contributed by atoms with van der Waals surface area (Å²) in [6, 6.07) is 7.77. The molecule has 2 aromatic rings. The smallest absolute Gasteiger partial charge is 0.242 e. The van der Waals surface area contributed by atoms with Crippen molar-refractivity contribution in [3.8, 4) is 5.75 Å². The summed E-state index contributed by atoms with van der Waals surface area (Å²) in [5.41, 5.74) is 1.07. The van der Waals surface area contributed by atoms with Gasteiger partial charge in [-0.15, -0.1) is 11.3 Å². The van der Waals surface area contributed by atoms with Gasteiger partial charge in [-0.2, -0.15) is 0 Å². The standard InChI is InChI=1S/C21H25FN2O3S/c1-3-9-23(15(2)25)13-21(26)24-10-7-20-18(8-11-28-20)19(24)14-27-17-6-4-5-16(22)12-17/h4-6,8,11-12,19H,3,7,9-10,13-14H2,1-2H3/t19-/m1/s1. The summed E-state index contributed by atoms with van der Waals surface area (Å²) in [4.78, 5) is 29.5. The van der Waals surface area contributed by atoms with Gasteiger partial charge in [-0.3, -0.25) is 9.59 Å². The minimum Gasteiger partial charge on any atom is -0.491 e. The number of rotatable bonds is 7. The number of carbonyl (C=O) groups is 2. The van der Waals surface area contributed by atoms with Gasteiger partial charge in [-0.1, -0.05) is 13.0 Å². The van der Waals surface area contributed by atoms with Gasteiger partial charge < -0.3 is 14.5 Å². The monoisotopic (exact) mass is 404 g/mol. The zero-order valence-corrected chi connectivity index (χ0v) is 17.0. The van der Waals surface area contributed by atoms with Gasteiger partial charge in [0.1, 0.15) is 18.2 Å². The van der Waals surface area contributed by atoms with E-state index in [9.17, 15) is 14.0 Å². The Labute approximate surface area is 168 Å². The average molecular weight is 405 g/mol. The number of amides is 2. The summed E-state index contributed by atoms with van der Waals surface area (Å²) < 4.78 is 19.3. The molecule has 5 nitrogen and oxygen atoms in total. The Kier molecular flexibility index (Phi) is 6.67. The summed E-state index contributed by atoms with van der Waals surface area (Å²) in [6.45, 7) is 4.92. The van der Waals surface area contributed by atoms with Crippen molar-refractivity contribution >= 4 is 23.2 Å². The van der Waals surface area contributed by atoms with E-state index >= 15 is 0 Å². The molecule has 28 heavy (non-hydrogen) atoms. The molecule has 0 aliphatic carbocycles. The van der Waals surface area contributed by atoms with Crippen LogP contribution in [0.3, 0.4) is 0 Å². The van der Waals surface area contributed by atoms with Gasteiger partial charge in [-0.25, -0.2) is 4.39 Å². The van der Waals surface area contributed by atoms with Gasteiger partial charge in [0.05, 0.1) is 12.6 Å². The highest BCUT2D eigenvalue weighted by molar-refractivity contribution is 7.10. The van der Waals surface area contributed by atoms with Crippen LogP contribution in [-0.2, 0) is 16.0 Å². The molecule has 150 valence electrons. The van der Waals surface area contributed by atoms with Crippen molar-refractivity contribution < 1.29 is 18.7 Å². The van der Waals surface area contributed by atoms with E-state index in [0.717, 1.165) is 18.4 Å². The molecule has 1 atom stereocenters. The number of halogens is 1. The molecule has 1 aromatic carbocycles. The molecule has 0 fully saturated rings. The zero-order chi connectivity index (χ0) is 20.1. The van der Waals surface area contributed by atoms with Crippen molar-refractivity contribution in [3.63, 3.8) is 0 Å². The Hall–Kier alpha value is -2.41. The molecular formula is C21H25FN2O3S. The maximum Gasteiger partial charge on any atom is 0.242 e. The first-order valence-corrected chi connectivity index (χ1v) is 10.4. The van der Waals surface area contributed by atoms with Crippen molar-refractivity contribution in [2.75, 3.05) is 26.2 Å². The lowest BCUT2D eigenvalue weighted by Crippen LogP contribution is -2.47. The second-order valence-corrected chi connectivity index (χ2v) is 7.86. The Morgan fingerprint density at radius 3 is 2.89 bits per heavy atom. The third kappa shape index (κ3) is 4.70. The van der Waals surface area contributed by atoms with Crippen LogP contribution in [0.2, 0.25) is 0 Å². The van der Waals surface area contributed by atoms with Gasteiger partial charge >= 0.3 is 0 Å². The first-order chi connectivity index (χ1) is 13.5. The van der Waals surface area contributed by atoms with Crippen molar-refractivity contribution in [1.82, 2.24) is 9.80 Å². The van der Waals surface area contributed by atoms with Crippen LogP contribution in [0, 0.1) is 5.82 Å². The number of fused-ring (bicyclic) bond motifs is 1.